The van der Waals surface area contributed by atoms with Crippen LogP contribution < -0.4 is 4.72 Å². The van der Waals surface area contributed by atoms with Gasteiger partial charge in [0.1, 0.15) is 0 Å². The van der Waals surface area contributed by atoms with E-state index >= 15 is 0 Å². The number of benzene rings is 1. The van der Waals surface area contributed by atoms with Crippen LogP contribution in [-0.2, 0) is 14.8 Å². The van der Waals surface area contributed by atoms with Gasteiger partial charge in [-0.05, 0) is 37.5 Å². The third-order valence-electron chi connectivity index (χ3n) is 3.55. The molecule has 7 heteroatoms. The quantitative estimate of drug-likeness (QED) is 0.897. The van der Waals surface area contributed by atoms with Crippen LogP contribution in [0.1, 0.15) is 24.8 Å². The lowest BCUT2D eigenvalue weighted by molar-refractivity contribution is -0.133. The van der Waals surface area contributed by atoms with Crippen LogP contribution in [0.5, 0.6) is 0 Å². The molecule has 1 aromatic rings. The average Bonchev–Trinajstić information content (AvgIpc) is 2.44. The number of nitrogens with one attached hydrogen (secondary N) is 1. The first-order valence-corrected chi connectivity index (χ1v) is 8.80. The van der Waals surface area contributed by atoms with Gasteiger partial charge < -0.3 is 4.90 Å². The number of nitrogens with zero attached hydrogens (tertiary/aromatic N) is 1. The van der Waals surface area contributed by atoms with E-state index in [9.17, 15) is 13.2 Å². The van der Waals surface area contributed by atoms with Crippen molar-refractivity contribution < 1.29 is 13.2 Å². The first kappa shape index (κ1) is 16.3. The van der Waals surface area contributed by atoms with Crippen molar-refractivity contribution in [2.45, 2.75) is 31.1 Å². The number of piperidine rings is 1. The number of rotatable bonds is 5. The Kier molecular flexibility index (Phi) is 5.24. The van der Waals surface area contributed by atoms with Crippen LogP contribution in [0, 0.1) is 6.92 Å². The summed E-state index contributed by atoms with van der Waals surface area (Å²) in [7, 11) is -3.59. The van der Waals surface area contributed by atoms with Gasteiger partial charge in [0.2, 0.25) is 15.9 Å². The van der Waals surface area contributed by atoms with Crippen LogP contribution in [0.4, 0.5) is 0 Å². The summed E-state index contributed by atoms with van der Waals surface area (Å²) in [5, 5.41) is 0.420. The molecule has 0 spiro atoms. The summed E-state index contributed by atoms with van der Waals surface area (Å²) in [5.41, 5.74) is 0.828. The van der Waals surface area contributed by atoms with Gasteiger partial charge in [0.25, 0.3) is 0 Å². The van der Waals surface area contributed by atoms with Crippen molar-refractivity contribution >= 4 is 27.5 Å². The number of carbonyl (C=O) groups is 1. The number of carbonyl (C=O) groups excluding carboxylic acids is 1. The zero-order valence-corrected chi connectivity index (χ0v) is 13.5. The molecule has 1 aliphatic heterocycles. The number of likely N-dealkylation sites (tertiary alicyclic amines) is 1. The molecule has 0 saturated carbocycles. The lowest BCUT2D eigenvalue weighted by atomic mass is 10.1. The molecule has 1 amide bonds. The van der Waals surface area contributed by atoms with E-state index in [1.807, 2.05) is 6.92 Å². The molecule has 1 aliphatic rings. The summed E-state index contributed by atoms with van der Waals surface area (Å²) < 4.78 is 26.8. The SMILES string of the molecule is Cc1ccc(S(=O)(=O)NCCN2CCCCC2=O)cc1Cl. The summed E-state index contributed by atoms with van der Waals surface area (Å²) in [6.45, 7) is 3.13. The molecule has 1 heterocycles. The number of aryl methyl sites for hydroxylation is 1. The first-order chi connectivity index (χ1) is 9.90. The summed E-state index contributed by atoms with van der Waals surface area (Å²) in [6, 6.07) is 4.63. The Morgan fingerprint density at radius 3 is 2.76 bits per heavy atom. The Hall–Kier alpha value is -1.11. The average molecular weight is 331 g/mol. The standard InChI is InChI=1S/C14H19ClN2O3S/c1-11-5-6-12(10-13(11)15)21(19,20)16-7-9-17-8-3-2-4-14(17)18/h5-6,10,16H,2-4,7-9H2,1H3. The second kappa shape index (κ2) is 6.77. The summed E-state index contributed by atoms with van der Waals surface area (Å²) in [5.74, 6) is 0.0961. The topological polar surface area (TPSA) is 66.5 Å². The molecule has 1 N–H and O–H groups in total. The zero-order chi connectivity index (χ0) is 15.5. The van der Waals surface area contributed by atoms with E-state index in [1.165, 1.54) is 12.1 Å². The maximum absolute atomic E-state index is 12.1. The summed E-state index contributed by atoms with van der Waals surface area (Å²) in [4.78, 5) is 13.5. The molecule has 0 radical (unpaired) electrons. The van der Waals surface area contributed by atoms with E-state index < -0.39 is 10.0 Å². The molecule has 1 saturated heterocycles. The lowest BCUT2D eigenvalue weighted by Gasteiger charge is -2.26. The molecule has 2 rings (SSSR count). The molecular weight excluding hydrogens is 312 g/mol. The normalized spacial score (nSPS) is 16.3. The number of halogens is 1. The summed E-state index contributed by atoms with van der Waals surface area (Å²) >= 11 is 5.95. The zero-order valence-electron chi connectivity index (χ0n) is 11.9. The van der Waals surface area contributed by atoms with Gasteiger partial charge in [-0.3, -0.25) is 4.79 Å². The second-order valence-electron chi connectivity index (χ2n) is 5.15. The highest BCUT2D eigenvalue weighted by Crippen LogP contribution is 2.19. The van der Waals surface area contributed by atoms with Crippen LogP contribution in [0.2, 0.25) is 5.02 Å². The number of hydrogen-bond donors (Lipinski definition) is 1. The Labute approximate surface area is 130 Å². The van der Waals surface area contributed by atoms with Gasteiger partial charge in [0.15, 0.2) is 0 Å². The van der Waals surface area contributed by atoms with Crippen molar-refractivity contribution in [2.75, 3.05) is 19.6 Å². The molecular formula is C14H19ClN2O3S. The van der Waals surface area contributed by atoms with Gasteiger partial charge in [-0.25, -0.2) is 13.1 Å². The minimum absolute atomic E-state index is 0.0961. The predicted octanol–water partition coefficient (Wildman–Crippen LogP) is 1.94. The maximum Gasteiger partial charge on any atom is 0.240 e. The number of hydrogen-bond acceptors (Lipinski definition) is 3. The minimum Gasteiger partial charge on any atom is -0.341 e. The molecule has 21 heavy (non-hydrogen) atoms. The van der Waals surface area contributed by atoms with E-state index in [-0.39, 0.29) is 17.3 Å². The molecule has 1 fully saturated rings. The van der Waals surface area contributed by atoms with Crippen molar-refractivity contribution in [3.8, 4) is 0 Å². The molecule has 0 unspecified atom stereocenters. The van der Waals surface area contributed by atoms with E-state index in [2.05, 4.69) is 4.72 Å². The van der Waals surface area contributed by atoms with Crippen molar-refractivity contribution in [3.05, 3.63) is 28.8 Å². The van der Waals surface area contributed by atoms with E-state index in [4.69, 9.17) is 11.6 Å². The van der Waals surface area contributed by atoms with Crippen molar-refractivity contribution in [3.63, 3.8) is 0 Å². The highest BCUT2D eigenvalue weighted by molar-refractivity contribution is 7.89. The Morgan fingerprint density at radius 1 is 1.33 bits per heavy atom. The van der Waals surface area contributed by atoms with Gasteiger partial charge in [-0.15, -0.1) is 0 Å². The third kappa shape index (κ3) is 4.18. The van der Waals surface area contributed by atoms with Gasteiger partial charge in [-0.1, -0.05) is 17.7 Å². The van der Waals surface area contributed by atoms with Gasteiger partial charge in [0.05, 0.1) is 4.90 Å². The molecule has 0 bridgehead atoms. The van der Waals surface area contributed by atoms with Gasteiger partial charge in [-0.2, -0.15) is 0 Å². The molecule has 116 valence electrons. The van der Waals surface area contributed by atoms with E-state index in [1.54, 1.807) is 11.0 Å². The summed E-state index contributed by atoms with van der Waals surface area (Å²) in [6.07, 6.45) is 2.45. The monoisotopic (exact) mass is 330 g/mol. The molecule has 0 aromatic heterocycles. The van der Waals surface area contributed by atoms with Crippen molar-refractivity contribution in [1.82, 2.24) is 9.62 Å². The van der Waals surface area contributed by atoms with Crippen LogP contribution in [0.15, 0.2) is 23.1 Å². The fourth-order valence-electron chi connectivity index (χ4n) is 2.24. The van der Waals surface area contributed by atoms with Crippen LogP contribution in [0.25, 0.3) is 0 Å². The van der Waals surface area contributed by atoms with Crippen molar-refractivity contribution in [1.29, 1.82) is 0 Å². The third-order valence-corrected chi connectivity index (χ3v) is 5.41. The predicted molar refractivity (Wildman–Crippen MR) is 81.8 cm³/mol. The highest BCUT2D eigenvalue weighted by atomic mass is 35.5. The van der Waals surface area contributed by atoms with Gasteiger partial charge >= 0.3 is 0 Å². The first-order valence-electron chi connectivity index (χ1n) is 6.94. The Morgan fingerprint density at radius 2 is 2.10 bits per heavy atom. The van der Waals surface area contributed by atoms with E-state index in [0.29, 0.717) is 24.5 Å². The molecule has 0 atom stereocenters. The van der Waals surface area contributed by atoms with Crippen LogP contribution in [0.3, 0.4) is 0 Å². The second-order valence-corrected chi connectivity index (χ2v) is 7.32. The fourth-order valence-corrected chi connectivity index (χ4v) is 3.53. The lowest BCUT2D eigenvalue weighted by Crippen LogP contribution is -2.41. The number of amides is 1. The minimum atomic E-state index is -3.59. The van der Waals surface area contributed by atoms with Gasteiger partial charge in [0, 0.05) is 31.1 Å². The molecule has 1 aromatic carbocycles. The highest BCUT2D eigenvalue weighted by Gasteiger charge is 2.19. The fraction of sp³-hybridized carbons (Fsp3) is 0.500. The Bertz CT molecular complexity index is 631. The number of sulfonamides is 1. The van der Waals surface area contributed by atoms with Crippen LogP contribution >= 0.6 is 11.6 Å². The molecule has 5 nitrogen and oxygen atoms in total. The smallest absolute Gasteiger partial charge is 0.240 e. The van der Waals surface area contributed by atoms with Crippen LogP contribution in [-0.4, -0.2) is 38.9 Å². The Balaban J connectivity index is 1.94. The van der Waals surface area contributed by atoms with Crippen molar-refractivity contribution in [2.24, 2.45) is 0 Å². The molecule has 0 aliphatic carbocycles. The van der Waals surface area contributed by atoms with E-state index in [0.717, 1.165) is 18.4 Å². The maximum atomic E-state index is 12.1. The largest absolute Gasteiger partial charge is 0.341 e.